The molecule has 0 aromatic rings. The number of fused-ring (bicyclic) bond motifs is 1. The second-order valence-corrected chi connectivity index (χ2v) is 4.15. The number of carbonyl (C=O) groups excluding carboxylic acids is 1. The first-order valence-corrected chi connectivity index (χ1v) is 4.97. The van der Waals surface area contributed by atoms with Crippen molar-refractivity contribution in [1.82, 2.24) is 10.2 Å². The van der Waals surface area contributed by atoms with Crippen molar-refractivity contribution in [2.24, 2.45) is 17.6 Å². The van der Waals surface area contributed by atoms with Gasteiger partial charge in [-0.2, -0.15) is 0 Å². The molecule has 2 aliphatic heterocycles. The van der Waals surface area contributed by atoms with E-state index < -0.39 is 0 Å². The number of likely N-dealkylation sites (tertiary alicyclic amines) is 1. The standard InChI is InChI=1S/C9H17N3O/c10-9(13)1-2-12-5-7-3-11-4-8(7)6-12/h7-8,11H,1-6H2,(H2,10,13)/t7-,8+. The van der Waals surface area contributed by atoms with Gasteiger partial charge < -0.3 is 16.0 Å². The molecule has 2 rings (SSSR count). The van der Waals surface area contributed by atoms with E-state index in [4.69, 9.17) is 5.73 Å². The van der Waals surface area contributed by atoms with E-state index in [-0.39, 0.29) is 5.91 Å². The van der Waals surface area contributed by atoms with Crippen molar-refractivity contribution in [2.45, 2.75) is 6.42 Å². The molecule has 0 bridgehead atoms. The van der Waals surface area contributed by atoms with Crippen molar-refractivity contribution in [1.29, 1.82) is 0 Å². The Hall–Kier alpha value is -0.610. The summed E-state index contributed by atoms with van der Waals surface area (Å²) in [6.07, 6.45) is 0.507. The Morgan fingerprint density at radius 1 is 1.38 bits per heavy atom. The molecule has 0 radical (unpaired) electrons. The lowest BCUT2D eigenvalue weighted by molar-refractivity contribution is -0.118. The maximum absolute atomic E-state index is 10.6. The molecule has 13 heavy (non-hydrogen) atoms. The molecule has 0 aliphatic carbocycles. The van der Waals surface area contributed by atoms with Gasteiger partial charge >= 0.3 is 0 Å². The van der Waals surface area contributed by atoms with Crippen LogP contribution in [0.2, 0.25) is 0 Å². The first kappa shape index (κ1) is 8.97. The van der Waals surface area contributed by atoms with E-state index in [0.717, 1.165) is 44.6 Å². The quantitative estimate of drug-likeness (QED) is 0.591. The van der Waals surface area contributed by atoms with Crippen LogP contribution in [-0.2, 0) is 4.79 Å². The van der Waals surface area contributed by atoms with Crippen LogP contribution in [-0.4, -0.2) is 43.5 Å². The second kappa shape index (κ2) is 3.64. The highest BCUT2D eigenvalue weighted by atomic mass is 16.1. The zero-order chi connectivity index (χ0) is 9.26. The van der Waals surface area contributed by atoms with E-state index in [1.807, 2.05) is 0 Å². The van der Waals surface area contributed by atoms with E-state index in [2.05, 4.69) is 10.2 Å². The molecule has 2 fully saturated rings. The Kier molecular flexibility index (Phi) is 2.51. The van der Waals surface area contributed by atoms with Crippen LogP contribution in [0.15, 0.2) is 0 Å². The second-order valence-electron chi connectivity index (χ2n) is 4.15. The number of rotatable bonds is 3. The summed E-state index contributed by atoms with van der Waals surface area (Å²) < 4.78 is 0. The van der Waals surface area contributed by atoms with Crippen LogP contribution in [0.5, 0.6) is 0 Å². The molecular formula is C9H17N3O. The highest BCUT2D eigenvalue weighted by Crippen LogP contribution is 2.25. The summed E-state index contributed by atoms with van der Waals surface area (Å²) in [6, 6.07) is 0. The number of primary amides is 1. The SMILES string of the molecule is NC(=O)CCN1C[C@H]2CNC[C@H]2C1. The molecule has 2 aliphatic rings. The van der Waals surface area contributed by atoms with Gasteiger partial charge in [-0.05, 0) is 24.9 Å². The lowest BCUT2D eigenvalue weighted by Crippen LogP contribution is -2.29. The lowest BCUT2D eigenvalue weighted by atomic mass is 10.0. The third-order valence-corrected chi connectivity index (χ3v) is 3.14. The van der Waals surface area contributed by atoms with Gasteiger partial charge in [0.2, 0.25) is 5.91 Å². The third kappa shape index (κ3) is 2.00. The molecule has 2 saturated heterocycles. The molecule has 74 valence electrons. The number of nitrogens with zero attached hydrogens (tertiary/aromatic N) is 1. The topological polar surface area (TPSA) is 58.4 Å². The molecule has 1 amide bonds. The van der Waals surface area contributed by atoms with Gasteiger partial charge in [-0.15, -0.1) is 0 Å². The molecule has 0 aromatic carbocycles. The Morgan fingerprint density at radius 3 is 2.54 bits per heavy atom. The molecule has 4 nitrogen and oxygen atoms in total. The van der Waals surface area contributed by atoms with Gasteiger partial charge in [0.15, 0.2) is 0 Å². The van der Waals surface area contributed by atoms with Crippen LogP contribution in [0.3, 0.4) is 0 Å². The molecule has 3 N–H and O–H groups in total. The highest BCUT2D eigenvalue weighted by molar-refractivity contribution is 5.73. The molecule has 2 atom stereocenters. The zero-order valence-electron chi connectivity index (χ0n) is 7.83. The maximum Gasteiger partial charge on any atom is 0.218 e. The van der Waals surface area contributed by atoms with Crippen molar-refractivity contribution in [3.8, 4) is 0 Å². The summed E-state index contributed by atoms with van der Waals surface area (Å²) >= 11 is 0. The van der Waals surface area contributed by atoms with E-state index in [9.17, 15) is 4.79 Å². The van der Waals surface area contributed by atoms with Crippen molar-refractivity contribution < 1.29 is 4.79 Å². The first-order valence-electron chi connectivity index (χ1n) is 4.97. The average molecular weight is 183 g/mol. The minimum Gasteiger partial charge on any atom is -0.370 e. The molecule has 0 unspecified atom stereocenters. The van der Waals surface area contributed by atoms with Crippen LogP contribution in [0, 0.1) is 11.8 Å². The Bertz CT molecular complexity index is 195. The van der Waals surface area contributed by atoms with E-state index in [1.54, 1.807) is 0 Å². The predicted molar refractivity (Wildman–Crippen MR) is 50.1 cm³/mol. The van der Waals surface area contributed by atoms with Gasteiger partial charge in [0.25, 0.3) is 0 Å². The average Bonchev–Trinajstić information content (AvgIpc) is 2.58. The molecule has 0 saturated carbocycles. The predicted octanol–water partition coefficient (Wildman–Crippen LogP) is -0.987. The summed E-state index contributed by atoms with van der Waals surface area (Å²) in [7, 11) is 0. The van der Waals surface area contributed by atoms with Crippen LogP contribution < -0.4 is 11.1 Å². The molecule has 2 heterocycles. The van der Waals surface area contributed by atoms with E-state index in [1.165, 1.54) is 0 Å². The minimum atomic E-state index is -0.185. The van der Waals surface area contributed by atoms with Crippen molar-refractivity contribution in [3.05, 3.63) is 0 Å². The van der Waals surface area contributed by atoms with Crippen molar-refractivity contribution >= 4 is 5.91 Å². The lowest BCUT2D eigenvalue weighted by Gasteiger charge is -2.15. The van der Waals surface area contributed by atoms with Gasteiger partial charge in [0.1, 0.15) is 0 Å². The van der Waals surface area contributed by atoms with Crippen molar-refractivity contribution in [2.75, 3.05) is 32.7 Å². The fraction of sp³-hybridized carbons (Fsp3) is 0.889. The monoisotopic (exact) mass is 183 g/mol. The molecular weight excluding hydrogens is 166 g/mol. The number of amides is 1. The van der Waals surface area contributed by atoms with Gasteiger partial charge in [0, 0.05) is 26.1 Å². The zero-order valence-corrected chi connectivity index (χ0v) is 7.83. The van der Waals surface area contributed by atoms with Crippen LogP contribution >= 0.6 is 0 Å². The van der Waals surface area contributed by atoms with Crippen LogP contribution in [0.25, 0.3) is 0 Å². The largest absolute Gasteiger partial charge is 0.370 e. The Labute approximate surface area is 78.5 Å². The highest BCUT2D eigenvalue weighted by Gasteiger charge is 2.35. The number of nitrogens with two attached hydrogens (primary N) is 1. The first-order chi connectivity index (χ1) is 6.25. The Balaban J connectivity index is 1.75. The van der Waals surface area contributed by atoms with Crippen molar-refractivity contribution in [3.63, 3.8) is 0 Å². The summed E-state index contributed by atoms with van der Waals surface area (Å²) in [4.78, 5) is 12.9. The van der Waals surface area contributed by atoms with E-state index >= 15 is 0 Å². The summed E-state index contributed by atoms with van der Waals surface area (Å²) in [5, 5.41) is 3.39. The summed E-state index contributed by atoms with van der Waals surface area (Å²) in [6.45, 7) is 5.44. The molecule has 0 spiro atoms. The van der Waals surface area contributed by atoms with Gasteiger partial charge in [0.05, 0.1) is 0 Å². The smallest absolute Gasteiger partial charge is 0.218 e. The van der Waals surface area contributed by atoms with Crippen LogP contribution in [0.4, 0.5) is 0 Å². The van der Waals surface area contributed by atoms with E-state index in [0.29, 0.717) is 6.42 Å². The molecule has 0 aromatic heterocycles. The fourth-order valence-electron chi connectivity index (χ4n) is 2.40. The summed E-state index contributed by atoms with van der Waals surface area (Å²) in [5.41, 5.74) is 5.11. The Morgan fingerprint density at radius 2 is 2.00 bits per heavy atom. The minimum absolute atomic E-state index is 0.185. The number of hydrogen-bond donors (Lipinski definition) is 2. The normalized spacial score (nSPS) is 33.5. The fourth-order valence-corrected chi connectivity index (χ4v) is 2.40. The number of hydrogen-bond acceptors (Lipinski definition) is 3. The van der Waals surface area contributed by atoms with Crippen LogP contribution in [0.1, 0.15) is 6.42 Å². The summed E-state index contributed by atoms with van der Waals surface area (Å²) in [5.74, 6) is 1.44. The van der Waals surface area contributed by atoms with Gasteiger partial charge in [-0.1, -0.05) is 0 Å². The molecule has 4 heteroatoms. The third-order valence-electron chi connectivity index (χ3n) is 3.14. The number of carbonyl (C=O) groups is 1. The maximum atomic E-state index is 10.6. The number of nitrogens with one attached hydrogen (secondary N) is 1. The van der Waals surface area contributed by atoms with Gasteiger partial charge in [-0.25, -0.2) is 0 Å². The van der Waals surface area contributed by atoms with Gasteiger partial charge in [-0.3, -0.25) is 4.79 Å².